The Hall–Kier alpha value is -2.47. The fraction of sp³-hybridized carbons (Fsp3) is 0.409. The van der Waals surface area contributed by atoms with Gasteiger partial charge in [0.25, 0.3) is 0 Å². The molecule has 1 aromatic heterocycles. The van der Waals surface area contributed by atoms with Crippen LogP contribution < -0.4 is 10.6 Å². The third kappa shape index (κ3) is 4.33. The van der Waals surface area contributed by atoms with Crippen molar-refractivity contribution in [2.75, 3.05) is 0 Å². The Balaban J connectivity index is 1.85. The fourth-order valence-electron chi connectivity index (χ4n) is 3.37. The zero-order valence-electron chi connectivity index (χ0n) is 16.7. The van der Waals surface area contributed by atoms with E-state index in [4.69, 9.17) is 0 Å². The highest BCUT2D eigenvalue weighted by atomic mass is 19.1. The van der Waals surface area contributed by atoms with Crippen LogP contribution in [0.2, 0.25) is 0 Å². The fourth-order valence-corrected chi connectivity index (χ4v) is 3.37. The summed E-state index contributed by atoms with van der Waals surface area (Å²) in [5, 5.41) is 16.7. The molecule has 0 saturated heterocycles. The third-order valence-electron chi connectivity index (χ3n) is 5.10. The van der Waals surface area contributed by atoms with Gasteiger partial charge in [0, 0.05) is 41.7 Å². The molecule has 1 aliphatic rings. The molecule has 0 amide bonds. The molecule has 1 aromatic carbocycles. The van der Waals surface area contributed by atoms with Gasteiger partial charge in [0.1, 0.15) is 17.2 Å². The molecule has 0 spiro atoms. The number of pyridine rings is 1. The molecule has 28 heavy (non-hydrogen) atoms. The summed E-state index contributed by atoms with van der Waals surface area (Å²) in [6.07, 6.45) is 5.25. The second-order valence-electron chi connectivity index (χ2n) is 7.85. The van der Waals surface area contributed by atoms with Crippen LogP contribution in [0.25, 0.3) is 11.1 Å². The van der Waals surface area contributed by atoms with Crippen LogP contribution in [-0.2, 0) is 5.60 Å². The molecule has 3 N–H and O–H groups in total. The minimum absolute atomic E-state index is 0.147. The van der Waals surface area contributed by atoms with Gasteiger partial charge in [0.15, 0.2) is 0 Å². The lowest BCUT2D eigenvalue weighted by atomic mass is 9.97. The number of aromatic nitrogens is 1. The number of halogens is 2. The number of nitrogens with zero attached hydrogens (tertiary/aromatic N) is 1. The molecule has 0 bridgehead atoms. The van der Waals surface area contributed by atoms with Crippen LogP contribution >= 0.6 is 0 Å². The third-order valence-corrected chi connectivity index (χ3v) is 5.10. The van der Waals surface area contributed by atoms with Crippen molar-refractivity contribution in [3.8, 4) is 11.1 Å². The monoisotopic (exact) mass is 387 g/mol. The lowest BCUT2D eigenvalue weighted by Gasteiger charge is -2.19. The van der Waals surface area contributed by atoms with Crippen molar-refractivity contribution in [1.29, 1.82) is 0 Å². The summed E-state index contributed by atoms with van der Waals surface area (Å²) >= 11 is 0. The summed E-state index contributed by atoms with van der Waals surface area (Å²) in [4.78, 5) is 4.12. The van der Waals surface area contributed by atoms with Crippen LogP contribution in [0.1, 0.15) is 57.8 Å². The molecule has 0 saturated carbocycles. The van der Waals surface area contributed by atoms with Gasteiger partial charge in [-0.15, -0.1) is 0 Å². The number of nitrogens with one attached hydrogen (secondary N) is 2. The Morgan fingerprint density at radius 2 is 2.04 bits per heavy atom. The van der Waals surface area contributed by atoms with Gasteiger partial charge in [-0.05, 0) is 57.0 Å². The second kappa shape index (κ2) is 7.87. The first-order valence-corrected chi connectivity index (χ1v) is 9.59. The summed E-state index contributed by atoms with van der Waals surface area (Å²) in [5.74, 6) is -0.987. The van der Waals surface area contributed by atoms with E-state index in [9.17, 15) is 13.9 Å². The summed E-state index contributed by atoms with van der Waals surface area (Å²) in [6, 6.07) is 5.66. The first-order chi connectivity index (χ1) is 13.2. The van der Waals surface area contributed by atoms with Gasteiger partial charge in [-0.2, -0.15) is 0 Å². The van der Waals surface area contributed by atoms with Crippen molar-refractivity contribution in [2.45, 2.75) is 58.2 Å². The molecule has 4 nitrogen and oxygen atoms in total. The first kappa shape index (κ1) is 20.3. The average Bonchev–Trinajstić information content (AvgIpc) is 3.10. The molecule has 150 valence electrons. The Kier molecular flexibility index (Phi) is 5.70. The molecule has 6 heteroatoms. The highest BCUT2D eigenvalue weighted by Gasteiger charge is 2.22. The van der Waals surface area contributed by atoms with E-state index in [0.29, 0.717) is 17.3 Å². The number of hydrogen-bond donors (Lipinski definition) is 3. The molecule has 2 heterocycles. The quantitative estimate of drug-likeness (QED) is 0.682. The van der Waals surface area contributed by atoms with Crippen LogP contribution in [0.3, 0.4) is 0 Å². The lowest BCUT2D eigenvalue weighted by Crippen LogP contribution is -2.20. The van der Waals surface area contributed by atoms with Crippen molar-refractivity contribution in [3.63, 3.8) is 0 Å². The number of rotatable bonds is 6. The molecule has 0 aliphatic carbocycles. The minimum Gasteiger partial charge on any atom is -0.386 e. The largest absolute Gasteiger partial charge is 0.386 e. The van der Waals surface area contributed by atoms with Gasteiger partial charge < -0.3 is 15.7 Å². The molecule has 1 unspecified atom stereocenters. The van der Waals surface area contributed by atoms with Crippen molar-refractivity contribution in [2.24, 2.45) is 0 Å². The maximum atomic E-state index is 14.8. The number of benzene rings is 1. The van der Waals surface area contributed by atoms with Crippen molar-refractivity contribution >= 4 is 0 Å². The molecule has 1 aliphatic heterocycles. The highest BCUT2D eigenvalue weighted by molar-refractivity contribution is 5.65. The first-order valence-electron chi connectivity index (χ1n) is 9.59. The van der Waals surface area contributed by atoms with E-state index in [1.165, 1.54) is 18.3 Å². The van der Waals surface area contributed by atoms with E-state index in [0.717, 1.165) is 18.5 Å². The molecule has 0 radical (unpaired) electrons. The van der Waals surface area contributed by atoms with Gasteiger partial charge in [0.2, 0.25) is 0 Å². The molecule has 2 aromatic rings. The summed E-state index contributed by atoms with van der Waals surface area (Å²) in [7, 11) is 0. The Bertz CT molecular complexity index is 890. The van der Waals surface area contributed by atoms with Crippen LogP contribution in [0.5, 0.6) is 0 Å². The van der Waals surface area contributed by atoms with Gasteiger partial charge in [-0.3, -0.25) is 4.98 Å². The van der Waals surface area contributed by atoms with E-state index in [1.54, 1.807) is 26.0 Å². The lowest BCUT2D eigenvalue weighted by molar-refractivity contribution is 0.0739. The predicted octanol–water partition coefficient (Wildman–Crippen LogP) is 4.52. The number of hydrogen-bond acceptors (Lipinski definition) is 4. The molecular weight excluding hydrogens is 360 g/mol. The minimum atomic E-state index is -1.16. The smallest absolute Gasteiger partial charge is 0.131 e. The van der Waals surface area contributed by atoms with E-state index in [2.05, 4.69) is 22.5 Å². The van der Waals surface area contributed by atoms with Crippen LogP contribution in [0.15, 0.2) is 42.4 Å². The zero-order chi connectivity index (χ0) is 20.5. The van der Waals surface area contributed by atoms with E-state index < -0.39 is 17.2 Å². The molecule has 2 atom stereocenters. The van der Waals surface area contributed by atoms with Crippen molar-refractivity contribution < 1.29 is 13.9 Å². The van der Waals surface area contributed by atoms with E-state index in [1.807, 2.05) is 13.1 Å². The van der Waals surface area contributed by atoms with Crippen LogP contribution in [-0.4, -0.2) is 16.1 Å². The molecule has 3 rings (SSSR count). The maximum Gasteiger partial charge on any atom is 0.131 e. The van der Waals surface area contributed by atoms with Gasteiger partial charge in [0.05, 0.1) is 11.7 Å². The van der Waals surface area contributed by atoms with Gasteiger partial charge in [-0.1, -0.05) is 6.92 Å². The summed E-state index contributed by atoms with van der Waals surface area (Å²) in [5.41, 5.74) is 1.13. The van der Waals surface area contributed by atoms with Gasteiger partial charge in [-0.25, -0.2) is 8.78 Å². The standard InChI is InChI=1S/C22H27F2N3O/c1-5-15-9-16(12-26-15)27-13(2)17-10-20(24)18(11-19(17)23)14-6-7-25-21(8-14)22(3,4)28/h6-8,10-13,15,26-28H,5,9H2,1-4H3/t13?,15-/m0/s1. The normalized spacial score (nSPS) is 17.8. The molecular formula is C22H27F2N3O. The SMILES string of the molecule is CC[C@H]1CC(NC(C)c2cc(F)c(-c3ccnc(C(C)(C)O)c3)cc2F)=CN1. The number of aliphatic hydroxyl groups is 1. The Morgan fingerprint density at radius 3 is 2.68 bits per heavy atom. The van der Waals surface area contributed by atoms with Crippen LogP contribution in [0, 0.1) is 11.6 Å². The highest BCUT2D eigenvalue weighted by Crippen LogP contribution is 2.30. The van der Waals surface area contributed by atoms with Crippen molar-refractivity contribution in [1.82, 2.24) is 15.6 Å². The summed E-state index contributed by atoms with van der Waals surface area (Å²) in [6.45, 7) is 7.12. The second-order valence-corrected chi connectivity index (χ2v) is 7.85. The molecule has 0 fully saturated rings. The average molecular weight is 387 g/mol. The van der Waals surface area contributed by atoms with Gasteiger partial charge >= 0.3 is 0 Å². The Morgan fingerprint density at radius 1 is 1.29 bits per heavy atom. The van der Waals surface area contributed by atoms with E-state index >= 15 is 0 Å². The predicted molar refractivity (Wildman–Crippen MR) is 106 cm³/mol. The topological polar surface area (TPSA) is 57.2 Å². The Labute approximate surface area is 164 Å². The van der Waals surface area contributed by atoms with Crippen LogP contribution in [0.4, 0.5) is 8.78 Å². The zero-order valence-corrected chi connectivity index (χ0v) is 16.7. The summed E-state index contributed by atoms with van der Waals surface area (Å²) < 4.78 is 29.6. The van der Waals surface area contributed by atoms with E-state index in [-0.39, 0.29) is 17.2 Å². The van der Waals surface area contributed by atoms with Crippen molar-refractivity contribution in [3.05, 3.63) is 65.3 Å². The maximum absolute atomic E-state index is 14.8.